The van der Waals surface area contributed by atoms with Crippen molar-refractivity contribution >= 4 is 13.8 Å². The van der Waals surface area contributed by atoms with Gasteiger partial charge in [0.05, 0.1) is 13.2 Å². The number of carbonyl (C=O) groups excluding carboxylic acids is 1. The number of ether oxygens (including phenoxy) is 1. The normalized spacial score (nSPS) is 14.9. The molecule has 2 unspecified atom stereocenters. The molecule has 0 bridgehead atoms. The molecular weight excluding hydrogens is 409 g/mol. The van der Waals surface area contributed by atoms with Crippen LogP contribution in [0.2, 0.25) is 0 Å². The summed E-state index contributed by atoms with van der Waals surface area (Å²) in [5.74, 6) is -0.403. The Morgan fingerprint density at radius 3 is 2.37 bits per heavy atom. The lowest BCUT2D eigenvalue weighted by atomic mass is 10.1. The minimum Gasteiger partial charge on any atom is -0.463 e. The van der Waals surface area contributed by atoms with Gasteiger partial charge in [0.25, 0.3) is 0 Å². The Hall–Kier alpha value is -1.02. The summed E-state index contributed by atoms with van der Waals surface area (Å²) in [5, 5.41) is 9.65. The quantitative estimate of drug-likeness (QED) is 0.110. The van der Waals surface area contributed by atoms with Gasteiger partial charge in [-0.05, 0) is 32.1 Å². The largest absolute Gasteiger partial charge is 0.472 e. The third kappa shape index (κ3) is 20.3. The molecule has 0 rings (SSSR count). The summed E-state index contributed by atoms with van der Waals surface area (Å²) < 4.78 is 25.5. The highest BCUT2D eigenvalue weighted by molar-refractivity contribution is 7.47. The first-order valence-electron chi connectivity index (χ1n) is 10.9. The first-order valence-corrected chi connectivity index (χ1v) is 12.4. The highest BCUT2D eigenvalue weighted by atomic mass is 31.2. The van der Waals surface area contributed by atoms with Crippen molar-refractivity contribution < 1.29 is 33.1 Å². The Bertz CT molecular complexity index is 525. The predicted molar refractivity (Wildman–Crippen MR) is 118 cm³/mol. The van der Waals surface area contributed by atoms with Gasteiger partial charge in [0.15, 0.2) is 0 Å². The van der Waals surface area contributed by atoms with Gasteiger partial charge in [-0.3, -0.25) is 13.8 Å². The minimum atomic E-state index is -4.24. The van der Waals surface area contributed by atoms with Crippen LogP contribution in [0.1, 0.15) is 71.1 Å². The van der Waals surface area contributed by atoms with Gasteiger partial charge in [0, 0.05) is 13.0 Å². The van der Waals surface area contributed by atoms with Crippen LogP contribution in [0.25, 0.3) is 0 Å². The van der Waals surface area contributed by atoms with Gasteiger partial charge >= 0.3 is 13.8 Å². The maximum atomic E-state index is 11.7. The second-order valence-electron chi connectivity index (χ2n) is 7.00. The molecule has 9 heteroatoms. The van der Waals surface area contributed by atoms with Crippen LogP contribution in [0.3, 0.4) is 0 Å². The molecule has 0 fully saturated rings. The van der Waals surface area contributed by atoms with Crippen molar-refractivity contribution in [2.75, 3.05) is 26.4 Å². The second kappa shape index (κ2) is 19.9. The summed E-state index contributed by atoms with van der Waals surface area (Å²) in [6.07, 6.45) is 17.4. The maximum absolute atomic E-state index is 11.7. The van der Waals surface area contributed by atoms with Crippen molar-refractivity contribution in [3.8, 4) is 0 Å². The van der Waals surface area contributed by atoms with Gasteiger partial charge in [-0.2, -0.15) is 0 Å². The Labute approximate surface area is 181 Å². The molecular formula is C21H40NO7P. The number of nitrogens with two attached hydrogens (primary N) is 1. The molecule has 30 heavy (non-hydrogen) atoms. The van der Waals surface area contributed by atoms with E-state index in [2.05, 4.69) is 40.3 Å². The highest BCUT2D eigenvalue weighted by Crippen LogP contribution is 2.42. The molecule has 0 aliphatic heterocycles. The summed E-state index contributed by atoms with van der Waals surface area (Å²) in [6.45, 7) is 1.34. The monoisotopic (exact) mass is 449 g/mol. The van der Waals surface area contributed by atoms with Gasteiger partial charge in [-0.1, -0.05) is 56.9 Å². The molecule has 0 spiro atoms. The zero-order valence-electron chi connectivity index (χ0n) is 18.2. The Morgan fingerprint density at radius 2 is 1.67 bits per heavy atom. The molecule has 0 saturated carbocycles. The number of unbranched alkanes of at least 4 members (excludes halogenated alkanes) is 6. The van der Waals surface area contributed by atoms with E-state index in [1.807, 2.05) is 0 Å². The van der Waals surface area contributed by atoms with E-state index < -0.39 is 26.5 Å². The number of carbonyl (C=O) groups is 1. The SMILES string of the molecule is CCC/C=C\C/C=C\CCCCCCCC(=O)OCC(O)COP(=O)(O)OCCN. The third-order valence-electron chi connectivity index (χ3n) is 4.05. The molecule has 0 radical (unpaired) electrons. The van der Waals surface area contributed by atoms with Crippen molar-refractivity contribution in [1.82, 2.24) is 0 Å². The van der Waals surface area contributed by atoms with Crippen molar-refractivity contribution in [2.24, 2.45) is 5.73 Å². The lowest BCUT2D eigenvalue weighted by molar-refractivity contribution is -0.147. The van der Waals surface area contributed by atoms with Crippen LogP contribution in [-0.4, -0.2) is 48.4 Å². The number of allylic oxidation sites excluding steroid dienone is 4. The number of rotatable bonds is 20. The van der Waals surface area contributed by atoms with Crippen LogP contribution in [0.15, 0.2) is 24.3 Å². The first-order chi connectivity index (χ1) is 14.4. The third-order valence-corrected chi connectivity index (χ3v) is 5.04. The predicted octanol–water partition coefficient (Wildman–Crippen LogP) is 4.02. The number of hydrogen-bond donors (Lipinski definition) is 3. The fourth-order valence-electron chi connectivity index (χ4n) is 2.43. The van der Waals surface area contributed by atoms with E-state index in [9.17, 15) is 19.4 Å². The molecule has 176 valence electrons. The molecule has 0 aliphatic rings. The molecule has 2 atom stereocenters. The number of hydrogen-bond acceptors (Lipinski definition) is 7. The van der Waals surface area contributed by atoms with Crippen LogP contribution >= 0.6 is 7.82 Å². The summed E-state index contributed by atoms with van der Waals surface area (Å²) in [4.78, 5) is 20.9. The average molecular weight is 450 g/mol. The van der Waals surface area contributed by atoms with Crippen LogP contribution < -0.4 is 5.73 Å². The van der Waals surface area contributed by atoms with Gasteiger partial charge in [0.1, 0.15) is 12.7 Å². The van der Waals surface area contributed by atoms with Crippen molar-refractivity contribution in [3.05, 3.63) is 24.3 Å². The van der Waals surface area contributed by atoms with Gasteiger partial charge in [-0.15, -0.1) is 0 Å². The molecule has 8 nitrogen and oxygen atoms in total. The second-order valence-corrected chi connectivity index (χ2v) is 8.45. The molecule has 4 N–H and O–H groups in total. The van der Waals surface area contributed by atoms with Crippen molar-refractivity contribution in [3.63, 3.8) is 0 Å². The smallest absolute Gasteiger partial charge is 0.463 e. The van der Waals surface area contributed by atoms with E-state index in [0.29, 0.717) is 0 Å². The van der Waals surface area contributed by atoms with E-state index >= 15 is 0 Å². The molecule has 0 aromatic rings. The van der Waals surface area contributed by atoms with E-state index in [-0.39, 0.29) is 26.2 Å². The van der Waals surface area contributed by atoms with Crippen LogP contribution in [0.5, 0.6) is 0 Å². The average Bonchev–Trinajstić information content (AvgIpc) is 2.72. The number of esters is 1. The Morgan fingerprint density at radius 1 is 1.00 bits per heavy atom. The zero-order chi connectivity index (χ0) is 22.5. The minimum absolute atomic E-state index is 0.0716. The molecule has 0 aromatic carbocycles. The highest BCUT2D eigenvalue weighted by Gasteiger charge is 2.22. The standard InChI is InChI=1S/C21H40NO7P/c1-2-3-4-5-6-7-8-9-10-11-12-13-14-15-21(24)27-18-20(23)19-29-30(25,26)28-17-16-22/h4-5,7-8,20,23H,2-3,6,9-19,22H2,1H3,(H,25,26)/b5-4-,8-7-. The van der Waals surface area contributed by atoms with E-state index in [1.165, 1.54) is 6.42 Å². The van der Waals surface area contributed by atoms with E-state index in [1.54, 1.807) is 0 Å². The van der Waals surface area contributed by atoms with Gasteiger partial charge < -0.3 is 20.5 Å². The first kappa shape index (κ1) is 29.0. The Kier molecular flexibility index (Phi) is 19.2. The van der Waals surface area contributed by atoms with E-state index in [4.69, 9.17) is 10.5 Å². The van der Waals surface area contributed by atoms with Gasteiger partial charge in [0.2, 0.25) is 0 Å². The Balaban J connectivity index is 3.57. The lowest BCUT2D eigenvalue weighted by Gasteiger charge is -2.15. The summed E-state index contributed by atoms with van der Waals surface area (Å²) in [5.41, 5.74) is 5.16. The summed E-state index contributed by atoms with van der Waals surface area (Å²) >= 11 is 0. The number of phosphoric acid groups is 1. The lowest BCUT2D eigenvalue weighted by Crippen LogP contribution is -2.23. The fraction of sp³-hybridized carbons (Fsp3) is 0.762. The summed E-state index contributed by atoms with van der Waals surface area (Å²) in [6, 6.07) is 0. The molecule has 0 aromatic heterocycles. The number of aliphatic hydroxyl groups is 1. The molecule has 0 aliphatic carbocycles. The van der Waals surface area contributed by atoms with Crippen molar-refractivity contribution in [2.45, 2.75) is 77.2 Å². The molecule has 0 heterocycles. The van der Waals surface area contributed by atoms with Crippen LogP contribution in [0.4, 0.5) is 0 Å². The van der Waals surface area contributed by atoms with Crippen molar-refractivity contribution in [1.29, 1.82) is 0 Å². The molecule has 0 saturated heterocycles. The number of aliphatic hydroxyl groups excluding tert-OH is 1. The van der Waals surface area contributed by atoms with Crippen LogP contribution in [-0.2, 0) is 23.1 Å². The number of phosphoric ester groups is 1. The van der Waals surface area contributed by atoms with Crippen LogP contribution in [0, 0.1) is 0 Å². The maximum Gasteiger partial charge on any atom is 0.472 e. The van der Waals surface area contributed by atoms with E-state index in [0.717, 1.165) is 51.4 Å². The zero-order valence-corrected chi connectivity index (χ0v) is 19.1. The fourth-order valence-corrected chi connectivity index (χ4v) is 3.20. The summed E-state index contributed by atoms with van der Waals surface area (Å²) in [7, 11) is -4.24. The van der Waals surface area contributed by atoms with Gasteiger partial charge in [-0.25, -0.2) is 4.57 Å². The topological polar surface area (TPSA) is 128 Å². The molecule has 0 amide bonds.